The average molecular weight is 490 g/mol. The molecule has 33 heavy (non-hydrogen) atoms. The molecule has 3 fully saturated rings. The summed E-state index contributed by atoms with van der Waals surface area (Å²) in [6.07, 6.45) is 8.47. The average Bonchev–Trinajstić information content (AvgIpc) is 3.40. The summed E-state index contributed by atoms with van der Waals surface area (Å²) in [5.74, 6) is 3.32. The molecule has 1 aromatic carbocycles. The van der Waals surface area contributed by atoms with E-state index in [0.29, 0.717) is 11.8 Å². The normalized spacial score (nSPS) is 23.3. The summed E-state index contributed by atoms with van der Waals surface area (Å²) >= 11 is 3.41. The zero-order chi connectivity index (χ0) is 22.9. The van der Waals surface area contributed by atoms with E-state index in [2.05, 4.69) is 28.1 Å². The van der Waals surface area contributed by atoms with Crippen molar-refractivity contribution in [3.63, 3.8) is 0 Å². The third kappa shape index (κ3) is 7.55. The number of benzene rings is 1. The second kappa shape index (κ2) is 12.9. The molecule has 0 spiro atoms. The van der Waals surface area contributed by atoms with Crippen LogP contribution in [0.4, 0.5) is 5.69 Å². The van der Waals surface area contributed by atoms with Crippen LogP contribution in [0.2, 0.25) is 0 Å². The van der Waals surface area contributed by atoms with Gasteiger partial charge in [0.2, 0.25) is 11.8 Å². The number of rotatable bonds is 9. The Balaban J connectivity index is 1.29. The highest BCUT2D eigenvalue weighted by molar-refractivity contribution is 8.01. The Morgan fingerprint density at radius 3 is 2.55 bits per heavy atom. The number of hydrogen-bond acceptors (Lipinski definition) is 6. The van der Waals surface area contributed by atoms with E-state index < -0.39 is 6.04 Å². The minimum atomic E-state index is -0.451. The number of nitrogens with one attached hydrogen (secondary N) is 3. The highest BCUT2D eigenvalue weighted by Crippen LogP contribution is 2.27. The number of carbonyl (C=O) groups excluding carboxylic acids is 2. The van der Waals surface area contributed by atoms with Gasteiger partial charge in [-0.15, -0.1) is 11.8 Å². The Morgan fingerprint density at radius 2 is 1.85 bits per heavy atom. The molecule has 2 amide bonds. The molecule has 1 aliphatic carbocycles. The van der Waals surface area contributed by atoms with Crippen LogP contribution in [-0.4, -0.2) is 64.5 Å². The Kier molecular flexibility index (Phi) is 9.68. The smallest absolute Gasteiger partial charge is 0.248 e. The van der Waals surface area contributed by atoms with E-state index in [0.717, 1.165) is 49.0 Å². The van der Waals surface area contributed by atoms with Crippen molar-refractivity contribution >= 4 is 41.0 Å². The summed E-state index contributed by atoms with van der Waals surface area (Å²) in [6.45, 7) is 3.37. The predicted octanol–water partition coefficient (Wildman–Crippen LogP) is 3.71. The van der Waals surface area contributed by atoms with Gasteiger partial charge >= 0.3 is 0 Å². The molecule has 0 bridgehead atoms. The number of likely N-dealkylation sites (tertiary alicyclic amines) is 1. The van der Waals surface area contributed by atoms with Crippen molar-refractivity contribution in [3.05, 3.63) is 36.9 Å². The molecule has 1 unspecified atom stereocenters. The van der Waals surface area contributed by atoms with Gasteiger partial charge in [0.05, 0.1) is 0 Å². The Hall–Kier alpha value is -1.38. The van der Waals surface area contributed by atoms with E-state index in [1.54, 1.807) is 11.8 Å². The van der Waals surface area contributed by atoms with Crippen molar-refractivity contribution in [1.29, 1.82) is 0 Å². The van der Waals surface area contributed by atoms with Crippen molar-refractivity contribution in [2.45, 2.75) is 62.4 Å². The summed E-state index contributed by atoms with van der Waals surface area (Å²) in [5, 5.41) is 9.47. The van der Waals surface area contributed by atoms with Gasteiger partial charge in [-0.2, -0.15) is 11.8 Å². The molecule has 8 heteroatoms. The van der Waals surface area contributed by atoms with E-state index in [9.17, 15) is 9.59 Å². The molecule has 2 atom stereocenters. The number of hydrogen-bond donors (Lipinski definition) is 3. The van der Waals surface area contributed by atoms with Gasteiger partial charge in [-0.3, -0.25) is 14.9 Å². The molecule has 2 heterocycles. The Bertz CT molecular complexity index is 746. The molecule has 1 saturated carbocycles. The molecule has 3 N–H and O–H groups in total. The summed E-state index contributed by atoms with van der Waals surface area (Å²) in [7, 11) is 0. The number of amides is 2. The standard InChI is InChI=1S/C25H37N4O2S2/c30-23(24-26-13-16-33-24)28-22(18-32-17-19-7-3-1-4-8-19)25(31)29-14-11-21(12-15-29)27-20-9-5-2-6-10-20/h2,5-6,9-10,13,19,21-22,24,26-27H,1,3-4,7-8,11-12,14-18H2,(H,28,30)/t22-,24?/m0/s1. The number of carbonyl (C=O) groups is 2. The zero-order valence-corrected chi connectivity index (χ0v) is 21.0. The van der Waals surface area contributed by atoms with Crippen LogP contribution >= 0.6 is 23.5 Å². The molecular weight excluding hydrogens is 452 g/mol. The molecule has 0 aromatic heterocycles. The van der Waals surface area contributed by atoms with Gasteiger partial charge in [0.25, 0.3) is 0 Å². The second-order valence-electron chi connectivity index (χ2n) is 9.30. The zero-order valence-electron chi connectivity index (χ0n) is 19.3. The van der Waals surface area contributed by atoms with Crippen molar-refractivity contribution in [1.82, 2.24) is 15.5 Å². The molecule has 2 aliphatic heterocycles. The van der Waals surface area contributed by atoms with Crippen LogP contribution in [0, 0.1) is 12.5 Å². The third-order valence-corrected chi connectivity index (χ3v) is 9.10. The van der Waals surface area contributed by atoms with Crippen molar-refractivity contribution in [2.24, 2.45) is 5.92 Å². The maximum absolute atomic E-state index is 13.4. The lowest BCUT2D eigenvalue weighted by molar-refractivity contribution is -0.136. The van der Waals surface area contributed by atoms with Crippen molar-refractivity contribution in [3.8, 4) is 0 Å². The van der Waals surface area contributed by atoms with Gasteiger partial charge in [0, 0.05) is 42.9 Å². The molecule has 1 radical (unpaired) electrons. The van der Waals surface area contributed by atoms with E-state index in [1.165, 1.54) is 32.1 Å². The summed E-state index contributed by atoms with van der Waals surface area (Å²) in [4.78, 5) is 28.2. The SMILES string of the molecule is O=C(N[C@@H](CSCC1CCCCC1)C(=O)N1CCC(Nc2ccccc2)CC1)C1N[CH]CS1. The number of anilines is 1. The number of piperidine rings is 1. The van der Waals surface area contributed by atoms with Crippen LogP contribution in [0.15, 0.2) is 30.3 Å². The summed E-state index contributed by atoms with van der Waals surface area (Å²) in [5.41, 5.74) is 1.13. The highest BCUT2D eigenvalue weighted by atomic mass is 32.2. The van der Waals surface area contributed by atoms with Crippen LogP contribution in [0.25, 0.3) is 0 Å². The quantitative estimate of drug-likeness (QED) is 0.491. The van der Waals surface area contributed by atoms with Crippen molar-refractivity contribution < 1.29 is 9.59 Å². The van der Waals surface area contributed by atoms with Gasteiger partial charge < -0.3 is 15.5 Å². The topological polar surface area (TPSA) is 73.5 Å². The van der Waals surface area contributed by atoms with Gasteiger partial charge in [-0.05, 0) is 49.5 Å². The molecular formula is C25H37N4O2S2. The molecule has 6 nitrogen and oxygen atoms in total. The fraction of sp³-hybridized carbons (Fsp3) is 0.640. The van der Waals surface area contributed by atoms with Crippen LogP contribution in [0.5, 0.6) is 0 Å². The van der Waals surface area contributed by atoms with E-state index in [1.807, 2.05) is 41.4 Å². The summed E-state index contributed by atoms with van der Waals surface area (Å²) in [6, 6.07) is 10.2. The second-order valence-corrected chi connectivity index (χ2v) is 11.5. The fourth-order valence-electron chi connectivity index (χ4n) is 4.86. The van der Waals surface area contributed by atoms with Crippen LogP contribution in [-0.2, 0) is 9.59 Å². The maximum atomic E-state index is 13.4. The highest BCUT2D eigenvalue weighted by Gasteiger charge is 2.32. The lowest BCUT2D eigenvalue weighted by atomic mass is 9.91. The Labute approximate surface area is 206 Å². The van der Waals surface area contributed by atoms with Gasteiger partial charge in [0.1, 0.15) is 11.4 Å². The van der Waals surface area contributed by atoms with Gasteiger partial charge in [-0.1, -0.05) is 37.5 Å². The molecule has 1 aromatic rings. The first-order chi connectivity index (χ1) is 16.2. The first-order valence-electron chi connectivity index (χ1n) is 12.4. The maximum Gasteiger partial charge on any atom is 0.248 e. The first-order valence-corrected chi connectivity index (χ1v) is 14.6. The van der Waals surface area contributed by atoms with Gasteiger partial charge in [0.15, 0.2) is 0 Å². The van der Waals surface area contributed by atoms with Crippen LogP contribution in [0.3, 0.4) is 0 Å². The van der Waals surface area contributed by atoms with Gasteiger partial charge in [-0.25, -0.2) is 0 Å². The first kappa shape index (κ1) is 24.7. The number of para-hydroxylation sites is 1. The molecule has 3 aliphatic rings. The predicted molar refractivity (Wildman–Crippen MR) is 139 cm³/mol. The number of nitrogens with zero attached hydrogens (tertiary/aromatic N) is 1. The van der Waals surface area contributed by atoms with Crippen LogP contribution < -0.4 is 16.0 Å². The Morgan fingerprint density at radius 1 is 1.09 bits per heavy atom. The van der Waals surface area contributed by atoms with E-state index in [-0.39, 0.29) is 17.2 Å². The number of thioether (sulfide) groups is 2. The molecule has 181 valence electrons. The summed E-state index contributed by atoms with van der Waals surface area (Å²) < 4.78 is 0. The largest absolute Gasteiger partial charge is 0.382 e. The van der Waals surface area contributed by atoms with E-state index >= 15 is 0 Å². The van der Waals surface area contributed by atoms with Crippen molar-refractivity contribution in [2.75, 3.05) is 35.7 Å². The minimum absolute atomic E-state index is 0.0737. The van der Waals surface area contributed by atoms with Crippen LogP contribution in [0.1, 0.15) is 44.9 Å². The fourth-order valence-corrected chi connectivity index (χ4v) is 6.92. The minimum Gasteiger partial charge on any atom is -0.382 e. The lowest BCUT2D eigenvalue weighted by Crippen LogP contribution is -2.55. The lowest BCUT2D eigenvalue weighted by Gasteiger charge is -2.35. The molecule has 4 rings (SSSR count). The third-order valence-electron chi connectivity index (χ3n) is 6.78. The molecule has 2 saturated heterocycles. The van der Waals surface area contributed by atoms with E-state index in [4.69, 9.17) is 0 Å². The monoisotopic (exact) mass is 489 g/mol.